The molecule has 0 aromatic heterocycles. The number of quaternary nitrogens is 1. The number of hydrogen-bond donors (Lipinski definition) is 3. The van der Waals surface area contributed by atoms with Gasteiger partial charge in [0.2, 0.25) is 0 Å². The van der Waals surface area contributed by atoms with Gasteiger partial charge in [0.1, 0.15) is 34.5 Å². The second-order valence-electron chi connectivity index (χ2n) is 9.67. The second kappa shape index (κ2) is 15.3. The lowest BCUT2D eigenvalue weighted by Crippen LogP contribution is -2.49. The monoisotopic (exact) mass is 563 g/mol. The Kier molecular flexibility index (Phi) is 11.5. The van der Waals surface area contributed by atoms with Crippen LogP contribution in [0.25, 0.3) is 0 Å². The SMILES string of the molecule is COc1ccc(O)c(C=NCC[N+](C)(CCN=Cc2cc(OC)ccc2O)CCN=Cc2cc(OC)ccc2O)c1. The average molecular weight is 564 g/mol. The summed E-state index contributed by atoms with van der Waals surface area (Å²) in [6, 6.07) is 15.0. The number of phenolic OH excluding ortho intramolecular Hbond substituents is 3. The first-order valence-corrected chi connectivity index (χ1v) is 13.2. The summed E-state index contributed by atoms with van der Waals surface area (Å²) in [7, 11) is 6.85. The van der Waals surface area contributed by atoms with E-state index in [1.54, 1.807) is 94.6 Å². The zero-order valence-electron chi connectivity index (χ0n) is 24.0. The summed E-state index contributed by atoms with van der Waals surface area (Å²) >= 11 is 0. The molecule has 3 aromatic rings. The molecule has 0 fully saturated rings. The number of phenols is 3. The van der Waals surface area contributed by atoms with Crippen molar-refractivity contribution >= 4 is 18.6 Å². The fourth-order valence-electron chi connectivity index (χ4n) is 4.01. The third-order valence-electron chi connectivity index (χ3n) is 6.70. The van der Waals surface area contributed by atoms with Crippen LogP contribution in [0.2, 0.25) is 0 Å². The molecule has 0 atom stereocenters. The van der Waals surface area contributed by atoms with Crippen molar-refractivity contribution < 1.29 is 34.0 Å². The molecule has 0 amide bonds. The Labute approximate surface area is 241 Å². The zero-order valence-corrected chi connectivity index (χ0v) is 24.0. The van der Waals surface area contributed by atoms with Crippen LogP contribution in [-0.4, -0.2) is 106 Å². The molecule has 3 aromatic carbocycles. The van der Waals surface area contributed by atoms with Crippen LogP contribution in [-0.2, 0) is 0 Å². The summed E-state index contributed by atoms with van der Waals surface area (Å²) in [6.45, 7) is 3.69. The fourth-order valence-corrected chi connectivity index (χ4v) is 4.01. The number of ether oxygens (including phenoxy) is 3. The summed E-state index contributed by atoms with van der Waals surface area (Å²) in [5.41, 5.74) is 1.76. The molecule has 0 radical (unpaired) electrons. The van der Waals surface area contributed by atoms with Gasteiger partial charge in [-0.3, -0.25) is 15.0 Å². The maximum atomic E-state index is 10.1. The van der Waals surface area contributed by atoms with Gasteiger partial charge in [-0.05, 0) is 54.6 Å². The van der Waals surface area contributed by atoms with Crippen LogP contribution in [0, 0.1) is 0 Å². The number of methoxy groups -OCH3 is 3. The number of aliphatic imine (C=N–C) groups is 3. The van der Waals surface area contributed by atoms with E-state index < -0.39 is 0 Å². The van der Waals surface area contributed by atoms with Crippen molar-refractivity contribution in [3.8, 4) is 34.5 Å². The Morgan fingerprint density at radius 3 is 1.12 bits per heavy atom. The molecule has 10 heteroatoms. The molecule has 218 valence electrons. The van der Waals surface area contributed by atoms with Crippen LogP contribution >= 0.6 is 0 Å². The summed E-state index contributed by atoms with van der Waals surface area (Å²) in [5, 5.41) is 30.4. The van der Waals surface area contributed by atoms with Gasteiger partial charge in [-0.2, -0.15) is 0 Å². The van der Waals surface area contributed by atoms with E-state index in [-0.39, 0.29) is 17.2 Å². The molecular formula is C31H39N4O6+. The van der Waals surface area contributed by atoms with Crippen molar-refractivity contribution in [1.29, 1.82) is 0 Å². The van der Waals surface area contributed by atoms with Gasteiger partial charge in [-0.15, -0.1) is 0 Å². The second-order valence-corrected chi connectivity index (χ2v) is 9.67. The maximum Gasteiger partial charge on any atom is 0.124 e. The number of aromatic hydroxyl groups is 3. The van der Waals surface area contributed by atoms with E-state index in [9.17, 15) is 15.3 Å². The maximum absolute atomic E-state index is 10.1. The highest BCUT2D eigenvalue weighted by atomic mass is 16.5. The van der Waals surface area contributed by atoms with E-state index in [0.717, 1.165) is 0 Å². The number of rotatable bonds is 15. The minimum atomic E-state index is 0.136. The van der Waals surface area contributed by atoms with Gasteiger partial charge in [0.15, 0.2) is 0 Å². The molecular weight excluding hydrogens is 524 g/mol. The van der Waals surface area contributed by atoms with Crippen LogP contribution < -0.4 is 14.2 Å². The molecule has 0 saturated heterocycles. The largest absolute Gasteiger partial charge is 0.507 e. The lowest BCUT2D eigenvalue weighted by molar-refractivity contribution is -0.905. The van der Waals surface area contributed by atoms with Gasteiger partial charge >= 0.3 is 0 Å². The predicted octanol–water partition coefficient (Wildman–Crippen LogP) is 3.93. The third-order valence-corrected chi connectivity index (χ3v) is 6.70. The van der Waals surface area contributed by atoms with Gasteiger partial charge in [0.25, 0.3) is 0 Å². The molecule has 0 heterocycles. The van der Waals surface area contributed by atoms with Crippen LogP contribution in [0.5, 0.6) is 34.5 Å². The number of likely N-dealkylation sites (N-methyl/N-ethyl adjacent to an activating group) is 1. The summed E-state index contributed by atoms with van der Waals surface area (Å²) < 4.78 is 16.3. The summed E-state index contributed by atoms with van der Waals surface area (Å²) in [5.74, 6) is 2.34. The highest BCUT2D eigenvalue weighted by molar-refractivity contribution is 5.85. The minimum absolute atomic E-state index is 0.136. The summed E-state index contributed by atoms with van der Waals surface area (Å²) in [4.78, 5) is 13.6. The third kappa shape index (κ3) is 9.54. The molecule has 3 rings (SSSR count). The lowest BCUT2D eigenvalue weighted by Gasteiger charge is -2.33. The van der Waals surface area contributed by atoms with Crippen LogP contribution in [0.4, 0.5) is 0 Å². The van der Waals surface area contributed by atoms with Crippen LogP contribution in [0.3, 0.4) is 0 Å². The Hall–Kier alpha value is -4.57. The minimum Gasteiger partial charge on any atom is -0.507 e. The highest BCUT2D eigenvalue weighted by Gasteiger charge is 2.20. The van der Waals surface area contributed by atoms with Gasteiger partial charge in [-0.25, -0.2) is 0 Å². The standard InChI is InChI=1S/C31H38N4O6/c1-35(14-11-32-20-23-17-26(39-2)5-8-29(23)36,15-12-33-21-24-18-27(40-3)6-9-30(24)37)16-13-34-22-25-19-28(41-4)7-10-31(25)38/h5-10,17-22H,11-16H2,1-4H3,(H2-,32,33,34,36,37,38)/p+1. The van der Waals surface area contributed by atoms with E-state index in [1.165, 1.54) is 0 Å². The number of benzene rings is 3. The first-order valence-electron chi connectivity index (χ1n) is 13.2. The van der Waals surface area contributed by atoms with E-state index >= 15 is 0 Å². The van der Waals surface area contributed by atoms with Crippen molar-refractivity contribution in [1.82, 2.24) is 0 Å². The Morgan fingerprint density at radius 1 is 0.561 bits per heavy atom. The van der Waals surface area contributed by atoms with E-state index in [1.807, 2.05) is 0 Å². The van der Waals surface area contributed by atoms with Crippen LogP contribution in [0.1, 0.15) is 16.7 Å². The topological polar surface area (TPSA) is 125 Å². The molecule has 0 aliphatic heterocycles. The fraction of sp³-hybridized carbons (Fsp3) is 0.323. The normalized spacial score (nSPS) is 13.2. The number of nitrogens with zero attached hydrogens (tertiary/aromatic N) is 4. The Balaban J connectivity index is 1.67. The van der Waals surface area contributed by atoms with Crippen molar-refractivity contribution in [3.63, 3.8) is 0 Å². The summed E-state index contributed by atoms with van der Waals surface area (Å²) in [6.07, 6.45) is 4.95. The molecule has 0 unspecified atom stereocenters. The molecule has 0 bridgehead atoms. The van der Waals surface area contributed by atoms with E-state index in [4.69, 9.17) is 14.2 Å². The first kappa shape index (κ1) is 31.0. The number of hydrogen-bond acceptors (Lipinski definition) is 9. The Bertz CT molecular complexity index is 1210. The highest BCUT2D eigenvalue weighted by Crippen LogP contribution is 2.23. The van der Waals surface area contributed by atoms with Crippen molar-refractivity contribution in [2.45, 2.75) is 0 Å². The smallest absolute Gasteiger partial charge is 0.124 e. The quantitative estimate of drug-likeness (QED) is 0.190. The van der Waals surface area contributed by atoms with Gasteiger partial charge < -0.3 is 34.0 Å². The van der Waals surface area contributed by atoms with Gasteiger partial charge in [0.05, 0.1) is 67.6 Å². The molecule has 3 N–H and O–H groups in total. The Morgan fingerprint density at radius 2 is 0.854 bits per heavy atom. The molecule has 41 heavy (non-hydrogen) atoms. The lowest BCUT2D eigenvalue weighted by atomic mass is 10.2. The van der Waals surface area contributed by atoms with E-state index in [0.29, 0.717) is 77.7 Å². The van der Waals surface area contributed by atoms with Crippen molar-refractivity contribution in [3.05, 3.63) is 71.3 Å². The first-order chi connectivity index (χ1) is 19.8. The average Bonchev–Trinajstić information content (AvgIpc) is 2.98. The van der Waals surface area contributed by atoms with Crippen molar-refractivity contribution in [2.75, 3.05) is 67.6 Å². The van der Waals surface area contributed by atoms with E-state index in [2.05, 4.69) is 22.0 Å². The molecule has 0 aliphatic rings. The van der Waals surface area contributed by atoms with Gasteiger partial charge in [0, 0.05) is 35.3 Å². The van der Waals surface area contributed by atoms with Crippen LogP contribution in [0.15, 0.2) is 69.6 Å². The van der Waals surface area contributed by atoms with Gasteiger partial charge in [-0.1, -0.05) is 0 Å². The molecule has 10 nitrogen and oxygen atoms in total. The zero-order chi connectivity index (χ0) is 29.7. The molecule has 0 saturated carbocycles. The van der Waals surface area contributed by atoms with Crippen molar-refractivity contribution in [2.24, 2.45) is 15.0 Å². The molecule has 0 aliphatic carbocycles. The molecule has 0 spiro atoms. The predicted molar refractivity (Wildman–Crippen MR) is 162 cm³/mol.